The van der Waals surface area contributed by atoms with E-state index in [1.165, 1.54) is 18.3 Å². The molecule has 0 saturated heterocycles. The Balaban J connectivity index is 0.00000167. The van der Waals surface area contributed by atoms with Crippen molar-refractivity contribution in [1.29, 1.82) is 0 Å². The second-order valence-corrected chi connectivity index (χ2v) is 7.37. The van der Waals surface area contributed by atoms with Crippen LogP contribution in [-0.2, 0) is 6.18 Å². The highest BCUT2D eigenvalue weighted by Crippen LogP contribution is 2.31. The van der Waals surface area contributed by atoms with Crippen LogP contribution < -0.4 is 10.6 Å². The summed E-state index contributed by atoms with van der Waals surface area (Å²) in [7, 11) is 1.72. The molecule has 0 unspecified atom stereocenters. The molecule has 0 fully saturated rings. The molecule has 4 aromatic rings. The highest BCUT2D eigenvalue weighted by atomic mass is 19.4. The summed E-state index contributed by atoms with van der Waals surface area (Å²) in [5.41, 5.74) is 2.80. The first-order valence-electron chi connectivity index (χ1n) is 10.9. The highest BCUT2D eigenvalue weighted by molar-refractivity contribution is 6.04. The first kappa shape index (κ1) is 25.5. The van der Waals surface area contributed by atoms with Crippen LogP contribution in [0.15, 0.2) is 48.8 Å². The number of hydrogen-bond acceptors (Lipinski definition) is 6. The average molecular weight is 483 g/mol. The van der Waals surface area contributed by atoms with E-state index in [-0.39, 0.29) is 5.56 Å². The van der Waals surface area contributed by atoms with Crippen molar-refractivity contribution < 1.29 is 18.0 Å². The van der Waals surface area contributed by atoms with E-state index in [4.69, 9.17) is 0 Å². The van der Waals surface area contributed by atoms with Crippen molar-refractivity contribution >= 4 is 28.6 Å². The summed E-state index contributed by atoms with van der Waals surface area (Å²) in [5, 5.41) is 6.22. The van der Waals surface area contributed by atoms with Crippen molar-refractivity contribution in [3.8, 4) is 11.1 Å². The highest BCUT2D eigenvalue weighted by Gasteiger charge is 2.30. The Kier molecular flexibility index (Phi) is 7.63. The summed E-state index contributed by atoms with van der Waals surface area (Å²) in [5.74, 6) is -0.210. The minimum Gasteiger partial charge on any atom is -0.357 e. The fourth-order valence-electron chi connectivity index (χ4n) is 3.36. The van der Waals surface area contributed by atoms with Gasteiger partial charge in [0.25, 0.3) is 5.91 Å². The summed E-state index contributed by atoms with van der Waals surface area (Å²) < 4.78 is 38.9. The number of pyridine rings is 2. The van der Waals surface area contributed by atoms with Crippen molar-refractivity contribution in [1.82, 2.24) is 19.9 Å². The van der Waals surface area contributed by atoms with E-state index in [0.29, 0.717) is 28.7 Å². The predicted octanol–water partition coefficient (Wildman–Crippen LogP) is 6.04. The van der Waals surface area contributed by atoms with Crippen LogP contribution >= 0.6 is 0 Å². The normalized spacial score (nSPS) is 11.0. The molecule has 3 heterocycles. The van der Waals surface area contributed by atoms with Gasteiger partial charge >= 0.3 is 6.18 Å². The van der Waals surface area contributed by atoms with Crippen LogP contribution in [0.1, 0.15) is 41.2 Å². The number of halogens is 3. The predicted molar refractivity (Wildman–Crippen MR) is 130 cm³/mol. The molecule has 0 aliphatic rings. The Morgan fingerprint density at radius 1 is 0.914 bits per heavy atom. The van der Waals surface area contributed by atoms with Crippen LogP contribution in [0.5, 0.6) is 0 Å². The first-order chi connectivity index (χ1) is 16.7. The molecular weight excluding hydrogens is 457 g/mol. The second kappa shape index (κ2) is 10.5. The van der Waals surface area contributed by atoms with E-state index in [0.717, 1.165) is 28.6 Å². The zero-order valence-electron chi connectivity index (χ0n) is 19.9. The third kappa shape index (κ3) is 5.71. The van der Waals surface area contributed by atoms with Crippen molar-refractivity contribution in [2.45, 2.75) is 33.9 Å². The van der Waals surface area contributed by atoms with Gasteiger partial charge in [0, 0.05) is 46.7 Å². The minimum absolute atomic E-state index is 0.104. The summed E-state index contributed by atoms with van der Waals surface area (Å²) in [4.78, 5) is 30.0. The Morgan fingerprint density at radius 2 is 1.63 bits per heavy atom. The summed E-state index contributed by atoms with van der Waals surface area (Å²) >= 11 is 0. The van der Waals surface area contributed by atoms with E-state index in [1.54, 1.807) is 19.3 Å². The smallest absolute Gasteiger partial charge is 0.357 e. The van der Waals surface area contributed by atoms with Crippen molar-refractivity contribution in [2.24, 2.45) is 0 Å². The fourth-order valence-corrected chi connectivity index (χ4v) is 3.36. The topological polar surface area (TPSA) is 92.7 Å². The molecule has 0 atom stereocenters. The van der Waals surface area contributed by atoms with Crippen LogP contribution in [0.4, 0.5) is 24.8 Å². The van der Waals surface area contributed by atoms with Gasteiger partial charge in [-0.25, -0.2) is 9.97 Å². The van der Waals surface area contributed by atoms with E-state index >= 15 is 0 Å². The SMILES string of the molecule is CC.CNc1ncc2cc(-c3cc(NC(=O)c4cccc(C(F)(F)F)c4)cnc3C)c(C)nc2n1. The van der Waals surface area contributed by atoms with Gasteiger partial charge in [0.15, 0.2) is 5.65 Å². The van der Waals surface area contributed by atoms with Crippen LogP contribution in [0.2, 0.25) is 0 Å². The van der Waals surface area contributed by atoms with Gasteiger partial charge < -0.3 is 10.6 Å². The molecule has 182 valence electrons. The first-order valence-corrected chi connectivity index (χ1v) is 10.9. The molecule has 2 N–H and O–H groups in total. The zero-order valence-corrected chi connectivity index (χ0v) is 19.9. The van der Waals surface area contributed by atoms with Crippen molar-refractivity contribution in [3.63, 3.8) is 0 Å². The molecule has 4 rings (SSSR count). The molecule has 0 spiro atoms. The molecule has 0 radical (unpaired) electrons. The lowest BCUT2D eigenvalue weighted by Crippen LogP contribution is -2.14. The molecule has 0 aliphatic heterocycles. The Hall–Kier alpha value is -4.08. The van der Waals surface area contributed by atoms with Gasteiger partial charge in [-0.1, -0.05) is 19.9 Å². The molecule has 1 amide bonds. The molecule has 7 nitrogen and oxygen atoms in total. The van der Waals surface area contributed by atoms with Gasteiger partial charge in [0.1, 0.15) is 0 Å². The van der Waals surface area contributed by atoms with E-state index in [1.807, 2.05) is 33.8 Å². The number of carbonyl (C=O) groups excluding carboxylic acids is 1. The summed E-state index contributed by atoms with van der Waals surface area (Å²) in [6.45, 7) is 7.65. The lowest BCUT2D eigenvalue weighted by atomic mass is 10.0. The van der Waals surface area contributed by atoms with Crippen LogP contribution in [0.25, 0.3) is 22.2 Å². The summed E-state index contributed by atoms with van der Waals surface area (Å²) in [6.07, 6.45) is -1.42. The zero-order chi connectivity index (χ0) is 25.8. The molecule has 1 aromatic carbocycles. The van der Waals surface area contributed by atoms with Crippen LogP contribution in [-0.4, -0.2) is 32.9 Å². The summed E-state index contributed by atoms with van der Waals surface area (Å²) in [6, 6.07) is 7.86. The van der Waals surface area contributed by atoms with Crippen molar-refractivity contribution in [3.05, 3.63) is 71.3 Å². The standard InChI is InChI=1S/C23H19F3N6O.C2H6/c1-12-19(18-8-15-10-29-22(27-3)32-20(15)30-13(18)2)9-17(11-28-12)31-21(33)14-5-4-6-16(7-14)23(24,25)26;1-2/h4-11H,1-3H3,(H,31,33)(H,27,29,30,32);1-2H3. The molecule has 0 saturated carbocycles. The molecule has 0 aliphatic carbocycles. The number of amides is 1. The van der Waals surface area contributed by atoms with Gasteiger partial charge in [-0.2, -0.15) is 18.2 Å². The Morgan fingerprint density at radius 3 is 2.31 bits per heavy atom. The molecule has 10 heteroatoms. The quantitative estimate of drug-likeness (QED) is 0.368. The number of benzene rings is 1. The minimum atomic E-state index is -4.53. The Bertz CT molecular complexity index is 1370. The third-order valence-corrected chi connectivity index (χ3v) is 5.07. The molecule has 35 heavy (non-hydrogen) atoms. The largest absolute Gasteiger partial charge is 0.416 e. The monoisotopic (exact) mass is 482 g/mol. The number of carbonyl (C=O) groups is 1. The maximum Gasteiger partial charge on any atom is 0.416 e. The van der Waals surface area contributed by atoms with Crippen LogP contribution in [0.3, 0.4) is 0 Å². The van der Waals surface area contributed by atoms with E-state index < -0.39 is 17.6 Å². The van der Waals surface area contributed by atoms with Gasteiger partial charge in [0.05, 0.1) is 17.4 Å². The fraction of sp³-hybridized carbons (Fsp3) is 0.240. The number of rotatable bonds is 4. The average Bonchev–Trinajstić information content (AvgIpc) is 2.85. The van der Waals surface area contributed by atoms with Gasteiger partial charge in [-0.05, 0) is 44.2 Å². The van der Waals surface area contributed by atoms with Crippen molar-refractivity contribution in [2.75, 3.05) is 17.7 Å². The maximum atomic E-state index is 13.0. The lowest BCUT2D eigenvalue weighted by molar-refractivity contribution is -0.137. The molecule has 3 aromatic heterocycles. The number of anilines is 2. The Labute approximate surface area is 200 Å². The third-order valence-electron chi connectivity index (χ3n) is 5.07. The van der Waals surface area contributed by atoms with E-state index in [2.05, 4.69) is 30.6 Å². The number of alkyl halides is 3. The van der Waals surface area contributed by atoms with Gasteiger partial charge in [-0.3, -0.25) is 9.78 Å². The number of nitrogens with zero attached hydrogens (tertiary/aromatic N) is 4. The van der Waals surface area contributed by atoms with Gasteiger partial charge in [-0.15, -0.1) is 0 Å². The second-order valence-electron chi connectivity index (χ2n) is 7.37. The number of hydrogen-bond donors (Lipinski definition) is 2. The van der Waals surface area contributed by atoms with Gasteiger partial charge in [0.2, 0.25) is 5.95 Å². The maximum absolute atomic E-state index is 13.0. The number of aryl methyl sites for hydroxylation is 2. The number of fused-ring (bicyclic) bond motifs is 1. The lowest BCUT2D eigenvalue weighted by Gasteiger charge is -2.13. The van der Waals surface area contributed by atoms with Crippen LogP contribution in [0, 0.1) is 13.8 Å². The van der Waals surface area contributed by atoms with E-state index in [9.17, 15) is 18.0 Å². The number of aromatic nitrogens is 4. The molecule has 0 bridgehead atoms. The molecular formula is C25H25F3N6O. The number of nitrogens with one attached hydrogen (secondary N) is 2.